The molecule has 3 rings (SSSR count). The molecular weight excluding hydrogens is 222 g/mol. The van der Waals surface area contributed by atoms with Crippen molar-refractivity contribution in [2.45, 2.75) is 13.1 Å². The minimum atomic E-state index is 0.592. The molecule has 0 atom stereocenters. The van der Waals surface area contributed by atoms with E-state index in [-0.39, 0.29) is 0 Å². The number of hydrogen-bond donors (Lipinski definition) is 1. The maximum atomic E-state index is 5.61. The summed E-state index contributed by atoms with van der Waals surface area (Å²) in [5.74, 6) is 0. The van der Waals surface area contributed by atoms with Gasteiger partial charge in [0.2, 0.25) is 0 Å². The van der Waals surface area contributed by atoms with E-state index in [0.29, 0.717) is 6.54 Å². The highest BCUT2D eigenvalue weighted by molar-refractivity contribution is 5.78. The van der Waals surface area contributed by atoms with Gasteiger partial charge in [0.25, 0.3) is 0 Å². The Hall–Kier alpha value is -2.13. The molecule has 2 N–H and O–H groups in total. The Morgan fingerprint density at radius 1 is 1.11 bits per heavy atom. The Bertz CT molecular complexity index is 670. The van der Waals surface area contributed by atoms with E-state index in [2.05, 4.69) is 52.3 Å². The van der Waals surface area contributed by atoms with Crippen molar-refractivity contribution in [1.29, 1.82) is 0 Å². The second kappa shape index (κ2) is 4.63. The van der Waals surface area contributed by atoms with Gasteiger partial charge in [0, 0.05) is 37.1 Å². The maximum Gasteiger partial charge on any atom is 0.0702 e. The summed E-state index contributed by atoms with van der Waals surface area (Å²) in [7, 11) is 0. The minimum absolute atomic E-state index is 0.592. The van der Waals surface area contributed by atoms with E-state index < -0.39 is 0 Å². The number of aromatic nitrogens is 2. The topological polar surface area (TPSA) is 43.8 Å². The quantitative estimate of drug-likeness (QED) is 0.760. The summed E-state index contributed by atoms with van der Waals surface area (Å²) in [5.41, 5.74) is 9.08. The first kappa shape index (κ1) is 11.0. The van der Waals surface area contributed by atoms with E-state index >= 15 is 0 Å². The lowest BCUT2D eigenvalue weighted by Crippen LogP contribution is -1.98. The Morgan fingerprint density at radius 2 is 2.06 bits per heavy atom. The highest BCUT2D eigenvalue weighted by Crippen LogP contribution is 2.14. The molecule has 0 radical (unpaired) electrons. The fraction of sp³-hybridized carbons (Fsp3) is 0.133. The molecule has 0 fully saturated rings. The van der Waals surface area contributed by atoms with Gasteiger partial charge < -0.3 is 10.3 Å². The number of rotatable bonds is 3. The summed E-state index contributed by atoms with van der Waals surface area (Å²) in [4.78, 5) is 4.32. The maximum absolute atomic E-state index is 5.61. The Labute approximate surface area is 106 Å². The van der Waals surface area contributed by atoms with Gasteiger partial charge in [-0.3, -0.25) is 4.98 Å². The van der Waals surface area contributed by atoms with Crippen LogP contribution < -0.4 is 5.73 Å². The predicted molar refractivity (Wildman–Crippen MR) is 73.2 cm³/mol. The van der Waals surface area contributed by atoms with E-state index in [1.165, 1.54) is 10.9 Å². The largest absolute Gasteiger partial charge is 0.350 e. The third-order valence-electron chi connectivity index (χ3n) is 3.08. The molecule has 0 saturated carbocycles. The van der Waals surface area contributed by atoms with Gasteiger partial charge in [-0.1, -0.05) is 12.1 Å². The third kappa shape index (κ3) is 2.13. The molecule has 18 heavy (non-hydrogen) atoms. The van der Waals surface area contributed by atoms with Gasteiger partial charge >= 0.3 is 0 Å². The summed E-state index contributed by atoms with van der Waals surface area (Å²) < 4.78 is 2.15. The zero-order valence-electron chi connectivity index (χ0n) is 10.1. The molecule has 1 aromatic carbocycles. The molecular formula is C15H15N3. The molecule has 3 aromatic rings. The zero-order chi connectivity index (χ0) is 12.4. The van der Waals surface area contributed by atoms with E-state index in [1.807, 2.05) is 12.3 Å². The summed E-state index contributed by atoms with van der Waals surface area (Å²) in [5, 5.41) is 1.18. The number of fused-ring (bicyclic) bond motifs is 1. The van der Waals surface area contributed by atoms with Crippen LogP contribution in [0.4, 0.5) is 0 Å². The fourth-order valence-corrected chi connectivity index (χ4v) is 2.14. The second-order valence-corrected chi connectivity index (χ2v) is 4.43. The summed E-state index contributed by atoms with van der Waals surface area (Å²) in [6, 6.07) is 12.5. The van der Waals surface area contributed by atoms with E-state index in [1.54, 1.807) is 0 Å². The first-order valence-corrected chi connectivity index (χ1v) is 6.03. The molecule has 0 aliphatic heterocycles. The first-order chi connectivity index (χ1) is 8.85. The van der Waals surface area contributed by atoms with Crippen molar-refractivity contribution in [3.8, 4) is 0 Å². The van der Waals surface area contributed by atoms with Crippen LogP contribution in [0, 0.1) is 0 Å². The van der Waals surface area contributed by atoms with Gasteiger partial charge in [-0.25, -0.2) is 0 Å². The highest BCUT2D eigenvalue weighted by Gasteiger charge is 1.99. The van der Waals surface area contributed by atoms with Crippen LogP contribution in [0.2, 0.25) is 0 Å². The number of pyridine rings is 1. The summed E-state index contributed by atoms with van der Waals surface area (Å²) in [6.45, 7) is 1.46. The van der Waals surface area contributed by atoms with Crippen LogP contribution in [0.1, 0.15) is 11.1 Å². The number of nitrogens with zero attached hydrogens (tertiary/aromatic N) is 2. The standard InChI is InChI=1S/C15H15N3/c16-9-13-5-7-18(11-13)10-12-3-4-15-14(8-12)2-1-6-17-15/h1-8,11H,9-10,16H2. The van der Waals surface area contributed by atoms with Crippen molar-refractivity contribution in [1.82, 2.24) is 9.55 Å². The fourth-order valence-electron chi connectivity index (χ4n) is 2.14. The Morgan fingerprint density at radius 3 is 2.89 bits per heavy atom. The molecule has 0 bridgehead atoms. The van der Waals surface area contributed by atoms with Gasteiger partial charge in [-0.15, -0.1) is 0 Å². The lowest BCUT2D eigenvalue weighted by molar-refractivity contribution is 0.802. The second-order valence-electron chi connectivity index (χ2n) is 4.43. The van der Waals surface area contributed by atoms with Crippen molar-refractivity contribution in [2.75, 3.05) is 0 Å². The van der Waals surface area contributed by atoms with Crippen LogP contribution in [0.5, 0.6) is 0 Å². The number of nitrogens with two attached hydrogens (primary N) is 1. The van der Waals surface area contributed by atoms with Crippen LogP contribution in [0.3, 0.4) is 0 Å². The molecule has 0 aliphatic carbocycles. The average molecular weight is 237 g/mol. The number of benzene rings is 1. The lowest BCUT2D eigenvalue weighted by atomic mass is 10.1. The lowest BCUT2D eigenvalue weighted by Gasteiger charge is -2.04. The number of hydrogen-bond acceptors (Lipinski definition) is 2. The SMILES string of the molecule is NCc1ccn(Cc2ccc3ncccc3c2)c1. The molecule has 2 aromatic heterocycles. The molecule has 0 amide bonds. The molecule has 0 aliphatic rings. The molecule has 0 spiro atoms. The van der Waals surface area contributed by atoms with Crippen molar-refractivity contribution in [3.63, 3.8) is 0 Å². The monoisotopic (exact) mass is 237 g/mol. The van der Waals surface area contributed by atoms with Gasteiger partial charge in [0.1, 0.15) is 0 Å². The Kier molecular flexibility index (Phi) is 2.82. The normalized spacial score (nSPS) is 10.9. The van der Waals surface area contributed by atoms with E-state index in [4.69, 9.17) is 5.73 Å². The van der Waals surface area contributed by atoms with Crippen LogP contribution in [-0.2, 0) is 13.1 Å². The minimum Gasteiger partial charge on any atom is -0.350 e. The summed E-state index contributed by atoms with van der Waals surface area (Å²) >= 11 is 0. The van der Waals surface area contributed by atoms with Gasteiger partial charge in [-0.05, 0) is 35.4 Å². The van der Waals surface area contributed by atoms with Crippen LogP contribution in [0.25, 0.3) is 10.9 Å². The molecule has 0 saturated heterocycles. The van der Waals surface area contributed by atoms with Crippen LogP contribution in [-0.4, -0.2) is 9.55 Å². The van der Waals surface area contributed by atoms with Crippen molar-refractivity contribution in [3.05, 3.63) is 66.1 Å². The molecule has 3 nitrogen and oxygen atoms in total. The van der Waals surface area contributed by atoms with Crippen LogP contribution in [0.15, 0.2) is 55.0 Å². The van der Waals surface area contributed by atoms with Crippen molar-refractivity contribution >= 4 is 10.9 Å². The molecule has 3 heteroatoms. The first-order valence-electron chi connectivity index (χ1n) is 6.03. The third-order valence-corrected chi connectivity index (χ3v) is 3.08. The van der Waals surface area contributed by atoms with Gasteiger partial charge in [0.15, 0.2) is 0 Å². The van der Waals surface area contributed by atoms with Crippen LogP contribution >= 0.6 is 0 Å². The van der Waals surface area contributed by atoms with Crippen molar-refractivity contribution in [2.24, 2.45) is 5.73 Å². The van der Waals surface area contributed by atoms with Gasteiger partial charge in [-0.2, -0.15) is 0 Å². The summed E-state index contributed by atoms with van der Waals surface area (Å²) in [6.07, 6.45) is 5.98. The van der Waals surface area contributed by atoms with E-state index in [0.717, 1.165) is 17.6 Å². The predicted octanol–water partition coefficient (Wildman–Crippen LogP) is 2.54. The molecule has 90 valence electrons. The zero-order valence-corrected chi connectivity index (χ0v) is 10.1. The highest BCUT2D eigenvalue weighted by atomic mass is 14.9. The Balaban J connectivity index is 1.90. The average Bonchev–Trinajstić information content (AvgIpc) is 2.86. The smallest absolute Gasteiger partial charge is 0.0702 e. The molecule has 0 unspecified atom stereocenters. The molecule has 2 heterocycles. The van der Waals surface area contributed by atoms with Crippen molar-refractivity contribution < 1.29 is 0 Å². The van der Waals surface area contributed by atoms with E-state index in [9.17, 15) is 0 Å². The van der Waals surface area contributed by atoms with Gasteiger partial charge in [0.05, 0.1) is 5.52 Å².